The standard InChI is InChI=1S/C27H27ClFN3O4S/c1-4-36-18(3)26-25(30-11-12-31-26)17(2)32(16-19-5-6-19)27(33)20-13-21(28)15-24(14-20)37(34,35)23-9-7-22(29)8-10-23/h7-15,17,19H,3-6,16H2,1-2H3. The third-order valence-electron chi connectivity index (χ3n) is 6.14. The molecule has 0 N–H and O–H groups in total. The van der Waals surface area contributed by atoms with E-state index in [1.807, 2.05) is 13.8 Å². The van der Waals surface area contributed by atoms with Crippen LogP contribution in [-0.4, -0.2) is 42.3 Å². The number of hydrogen-bond acceptors (Lipinski definition) is 6. The van der Waals surface area contributed by atoms with Gasteiger partial charge >= 0.3 is 0 Å². The highest BCUT2D eigenvalue weighted by atomic mass is 35.5. The Morgan fingerprint density at radius 2 is 1.84 bits per heavy atom. The number of carbonyl (C=O) groups is 1. The van der Waals surface area contributed by atoms with Gasteiger partial charge in [-0.05, 0) is 75.1 Å². The van der Waals surface area contributed by atoms with Crippen LogP contribution in [0, 0.1) is 11.7 Å². The van der Waals surface area contributed by atoms with Gasteiger partial charge in [0.25, 0.3) is 5.91 Å². The lowest BCUT2D eigenvalue weighted by Crippen LogP contribution is -2.36. The normalized spacial score (nSPS) is 14.2. The Labute approximate surface area is 220 Å². The van der Waals surface area contributed by atoms with Crippen molar-refractivity contribution in [1.29, 1.82) is 0 Å². The summed E-state index contributed by atoms with van der Waals surface area (Å²) in [6.45, 7) is 8.49. The van der Waals surface area contributed by atoms with E-state index in [1.165, 1.54) is 36.5 Å². The molecule has 37 heavy (non-hydrogen) atoms. The fourth-order valence-electron chi connectivity index (χ4n) is 4.01. The molecule has 1 fully saturated rings. The van der Waals surface area contributed by atoms with Gasteiger partial charge in [0, 0.05) is 29.5 Å². The molecule has 3 aromatic rings. The van der Waals surface area contributed by atoms with Crippen LogP contribution in [0.25, 0.3) is 5.76 Å². The van der Waals surface area contributed by atoms with Crippen LogP contribution in [0.4, 0.5) is 4.39 Å². The first-order valence-corrected chi connectivity index (χ1v) is 13.7. The van der Waals surface area contributed by atoms with Crippen molar-refractivity contribution in [2.75, 3.05) is 13.2 Å². The van der Waals surface area contributed by atoms with Crippen LogP contribution in [0.15, 0.2) is 71.2 Å². The van der Waals surface area contributed by atoms with Crippen LogP contribution in [0.2, 0.25) is 5.02 Å². The summed E-state index contributed by atoms with van der Waals surface area (Å²) < 4.78 is 45.3. The number of hydrogen-bond donors (Lipinski definition) is 0. The topological polar surface area (TPSA) is 89.5 Å². The van der Waals surface area contributed by atoms with Gasteiger partial charge in [-0.3, -0.25) is 9.78 Å². The highest BCUT2D eigenvalue weighted by molar-refractivity contribution is 7.91. The number of aromatic nitrogens is 2. The molecule has 2 aromatic carbocycles. The van der Waals surface area contributed by atoms with Gasteiger partial charge in [-0.1, -0.05) is 18.2 Å². The molecule has 0 bridgehead atoms. The van der Waals surface area contributed by atoms with Gasteiger partial charge in [-0.2, -0.15) is 0 Å². The maximum atomic E-state index is 13.9. The van der Waals surface area contributed by atoms with E-state index >= 15 is 0 Å². The van der Waals surface area contributed by atoms with Crippen LogP contribution in [0.5, 0.6) is 0 Å². The van der Waals surface area contributed by atoms with Crippen LogP contribution in [-0.2, 0) is 14.6 Å². The second-order valence-corrected chi connectivity index (χ2v) is 11.2. The first kappa shape index (κ1) is 26.8. The average Bonchev–Trinajstić information content (AvgIpc) is 3.71. The van der Waals surface area contributed by atoms with Crippen LogP contribution >= 0.6 is 11.6 Å². The molecule has 194 valence electrons. The molecule has 1 unspecified atom stereocenters. The average molecular weight is 544 g/mol. The quantitative estimate of drug-likeness (QED) is 0.240. The van der Waals surface area contributed by atoms with Gasteiger partial charge in [0.2, 0.25) is 9.84 Å². The maximum absolute atomic E-state index is 13.9. The summed E-state index contributed by atoms with van der Waals surface area (Å²) in [6, 6.07) is 8.00. The van der Waals surface area contributed by atoms with Crippen molar-refractivity contribution in [1.82, 2.24) is 14.9 Å². The van der Waals surface area contributed by atoms with Crippen molar-refractivity contribution in [2.45, 2.75) is 42.5 Å². The monoisotopic (exact) mass is 543 g/mol. The minimum atomic E-state index is -4.04. The van der Waals surface area contributed by atoms with Gasteiger partial charge in [0.1, 0.15) is 17.3 Å². The second-order valence-electron chi connectivity index (χ2n) is 8.86. The van der Waals surface area contributed by atoms with E-state index in [-0.39, 0.29) is 20.4 Å². The second kappa shape index (κ2) is 11.0. The summed E-state index contributed by atoms with van der Waals surface area (Å²) in [5.74, 6) is -0.257. The largest absolute Gasteiger partial charge is 0.492 e. The third-order valence-corrected chi connectivity index (χ3v) is 8.10. The Morgan fingerprint density at radius 3 is 2.49 bits per heavy atom. The molecule has 1 aliphatic carbocycles. The lowest BCUT2D eigenvalue weighted by molar-refractivity contribution is 0.0675. The van der Waals surface area contributed by atoms with Gasteiger partial charge < -0.3 is 9.64 Å². The van der Waals surface area contributed by atoms with Crippen molar-refractivity contribution < 1.29 is 22.3 Å². The molecule has 4 rings (SSSR count). The minimum absolute atomic E-state index is 0.0930. The van der Waals surface area contributed by atoms with E-state index < -0.39 is 27.6 Å². The molecule has 7 nitrogen and oxygen atoms in total. The van der Waals surface area contributed by atoms with Gasteiger partial charge in [0.05, 0.1) is 28.1 Å². The van der Waals surface area contributed by atoms with Crippen LogP contribution in [0.3, 0.4) is 0 Å². The first-order chi connectivity index (χ1) is 17.6. The SMILES string of the molecule is C=C(OCC)c1nccnc1C(C)N(CC1CC1)C(=O)c1cc(Cl)cc(S(=O)(=O)c2ccc(F)cc2)c1. The molecule has 1 saturated carbocycles. The molecule has 1 atom stereocenters. The van der Waals surface area contributed by atoms with Crippen molar-refractivity contribution in [2.24, 2.45) is 5.92 Å². The van der Waals surface area contributed by atoms with Gasteiger partial charge in [-0.15, -0.1) is 0 Å². The Balaban J connectivity index is 1.72. The lowest BCUT2D eigenvalue weighted by Gasteiger charge is -2.30. The van der Waals surface area contributed by atoms with Crippen LogP contribution < -0.4 is 0 Å². The molecule has 0 aliphatic heterocycles. The molecule has 1 amide bonds. The van der Waals surface area contributed by atoms with Crippen molar-refractivity contribution in [3.63, 3.8) is 0 Å². The highest BCUT2D eigenvalue weighted by Crippen LogP contribution is 2.35. The predicted octanol–water partition coefficient (Wildman–Crippen LogP) is 5.72. The summed E-state index contributed by atoms with van der Waals surface area (Å²) in [4.78, 5) is 24.1. The Hall–Kier alpha value is -3.30. The summed E-state index contributed by atoms with van der Waals surface area (Å²) in [7, 11) is -4.04. The molecule has 0 spiro atoms. The number of benzene rings is 2. The summed E-state index contributed by atoms with van der Waals surface area (Å²) in [5.41, 5.74) is 1.10. The van der Waals surface area contributed by atoms with E-state index in [4.69, 9.17) is 16.3 Å². The number of amides is 1. The number of ether oxygens (including phenoxy) is 1. The molecule has 10 heteroatoms. The minimum Gasteiger partial charge on any atom is -0.492 e. The Morgan fingerprint density at radius 1 is 1.16 bits per heavy atom. The smallest absolute Gasteiger partial charge is 0.254 e. The highest BCUT2D eigenvalue weighted by Gasteiger charge is 2.33. The Bertz CT molecular complexity index is 1430. The molecule has 0 saturated heterocycles. The number of rotatable bonds is 10. The predicted molar refractivity (Wildman–Crippen MR) is 138 cm³/mol. The summed E-state index contributed by atoms with van der Waals surface area (Å²) in [5, 5.41) is 0.0930. The van der Waals surface area contributed by atoms with E-state index in [0.717, 1.165) is 25.0 Å². The molecule has 1 heterocycles. The number of halogens is 2. The van der Waals surface area contributed by atoms with Crippen LogP contribution in [0.1, 0.15) is 54.5 Å². The van der Waals surface area contributed by atoms with Crippen molar-refractivity contribution in [3.05, 3.63) is 89.2 Å². The van der Waals surface area contributed by atoms with E-state index in [0.29, 0.717) is 36.2 Å². The fraction of sp³-hybridized carbons (Fsp3) is 0.296. The zero-order chi connectivity index (χ0) is 26.7. The zero-order valence-electron chi connectivity index (χ0n) is 20.5. The zero-order valence-corrected chi connectivity index (χ0v) is 22.1. The van der Waals surface area contributed by atoms with Gasteiger partial charge in [0.15, 0.2) is 0 Å². The molecule has 0 radical (unpaired) electrons. The number of sulfone groups is 1. The molecular weight excluding hydrogens is 517 g/mol. The van der Waals surface area contributed by atoms with Crippen molar-refractivity contribution >= 4 is 33.1 Å². The first-order valence-electron chi connectivity index (χ1n) is 11.9. The molecule has 1 aliphatic rings. The number of carbonyl (C=O) groups excluding carboxylic acids is 1. The summed E-state index contributed by atoms with van der Waals surface area (Å²) >= 11 is 6.29. The third kappa shape index (κ3) is 5.99. The lowest BCUT2D eigenvalue weighted by atomic mass is 10.1. The van der Waals surface area contributed by atoms with E-state index in [9.17, 15) is 17.6 Å². The van der Waals surface area contributed by atoms with Gasteiger partial charge in [-0.25, -0.2) is 17.8 Å². The van der Waals surface area contributed by atoms with E-state index in [2.05, 4.69) is 16.5 Å². The Kier molecular flexibility index (Phi) is 7.94. The number of nitrogens with zero attached hydrogens (tertiary/aromatic N) is 3. The van der Waals surface area contributed by atoms with Crippen molar-refractivity contribution in [3.8, 4) is 0 Å². The van der Waals surface area contributed by atoms with E-state index in [1.54, 1.807) is 11.1 Å². The fourth-order valence-corrected chi connectivity index (χ4v) is 5.64. The molecule has 1 aromatic heterocycles. The maximum Gasteiger partial charge on any atom is 0.254 e. The molecular formula is C27H27ClFN3O4S. The summed E-state index contributed by atoms with van der Waals surface area (Å²) in [6.07, 6.45) is 5.07.